The topological polar surface area (TPSA) is 104 Å². The number of methoxy groups -OCH3 is 2. The van der Waals surface area contributed by atoms with Crippen molar-refractivity contribution >= 4 is 17.3 Å². The lowest BCUT2D eigenvalue weighted by atomic mass is 10.2. The number of benzene rings is 2. The number of anilines is 2. The zero-order chi connectivity index (χ0) is 19.1. The number of nitrogens with one attached hydrogen (secondary N) is 2. The first kappa shape index (κ1) is 18.7. The average Bonchev–Trinajstić information content (AvgIpc) is 2.63. The third-order valence-corrected chi connectivity index (χ3v) is 3.53. The third-order valence-electron chi connectivity index (χ3n) is 3.53. The average molecular weight is 353 g/mol. The highest BCUT2D eigenvalue weighted by Crippen LogP contribution is 2.30. The molecule has 0 fully saturated rings. The molecule has 0 saturated heterocycles. The fraction of sp³-hybridized carbons (Fsp3) is 0.158. The first-order chi connectivity index (χ1) is 12.5. The van der Waals surface area contributed by atoms with Crippen LogP contribution in [0, 0.1) is 18.3 Å². The number of phenols is 1. The fourth-order valence-electron chi connectivity index (χ4n) is 2.17. The molecule has 0 saturated carbocycles. The Morgan fingerprint density at radius 1 is 1.15 bits per heavy atom. The monoisotopic (exact) mass is 353 g/mol. The second-order valence-corrected chi connectivity index (χ2v) is 5.36. The molecule has 2 aromatic rings. The molecule has 2 aromatic carbocycles. The Kier molecular flexibility index (Phi) is 6.06. The van der Waals surface area contributed by atoms with Gasteiger partial charge in [-0.05, 0) is 36.8 Å². The molecule has 2 rings (SSSR count). The molecule has 0 unspecified atom stereocenters. The number of hydrogen-bond acceptors (Lipinski definition) is 6. The Bertz CT molecular complexity index is 885. The molecule has 7 heteroatoms. The second-order valence-electron chi connectivity index (χ2n) is 5.36. The van der Waals surface area contributed by atoms with Crippen LogP contribution in [0.4, 0.5) is 11.4 Å². The van der Waals surface area contributed by atoms with Gasteiger partial charge in [-0.2, -0.15) is 5.26 Å². The van der Waals surface area contributed by atoms with E-state index in [-0.39, 0.29) is 11.3 Å². The van der Waals surface area contributed by atoms with Gasteiger partial charge in [-0.15, -0.1) is 0 Å². The van der Waals surface area contributed by atoms with Gasteiger partial charge in [0.05, 0.1) is 19.9 Å². The summed E-state index contributed by atoms with van der Waals surface area (Å²) < 4.78 is 10.3. The molecule has 0 bridgehead atoms. The number of carbonyl (C=O) groups is 1. The van der Waals surface area contributed by atoms with Crippen LogP contribution in [0.25, 0.3) is 0 Å². The summed E-state index contributed by atoms with van der Waals surface area (Å²) >= 11 is 0. The zero-order valence-electron chi connectivity index (χ0n) is 14.7. The highest BCUT2D eigenvalue weighted by atomic mass is 16.5. The highest BCUT2D eigenvalue weighted by molar-refractivity contribution is 6.06. The number of carbonyl (C=O) groups excluding carboxylic acids is 1. The first-order valence-electron chi connectivity index (χ1n) is 7.68. The minimum atomic E-state index is -0.598. The minimum absolute atomic E-state index is 0.0267. The maximum absolute atomic E-state index is 12.3. The van der Waals surface area contributed by atoms with Crippen molar-refractivity contribution in [3.8, 4) is 23.3 Å². The van der Waals surface area contributed by atoms with Crippen molar-refractivity contribution in [3.63, 3.8) is 0 Å². The largest absolute Gasteiger partial charge is 0.506 e. The molecule has 0 atom stereocenters. The highest BCUT2D eigenvalue weighted by Gasteiger charge is 2.12. The van der Waals surface area contributed by atoms with E-state index in [9.17, 15) is 15.2 Å². The minimum Gasteiger partial charge on any atom is -0.506 e. The van der Waals surface area contributed by atoms with Crippen molar-refractivity contribution in [1.82, 2.24) is 0 Å². The molecule has 7 nitrogen and oxygen atoms in total. The van der Waals surface area contributed by atoms with Gasteiger partial charge in [-0.1, -0.05) is 6.07 Å². The van der Waals surface area contributed by atoms with Crippen LogP contribution in [-0.4, -0.2) is 25.2 Å². The Hall–Kier alpha value is -3.66. The van der Waals surface area contributed by atoms with Crippen LogP contribution in [0.1, 0.15) is 5.56 Å². The van der Waals surface area contributed by atoms with Crippen molar-refractivity contribution in [2.45, 2.75) is 6.92 Å². The Morgan fingerprint density at radius 3 is 2.50 bits per heavy atom. The SMILES string of the molecule is COc1ccc(NC(=O)/C(C#N)=C\Nc2ccc(C)cc2O)cc1OC. The maximum atomic E-state index is 12.3. The molecule has 0 heterocycles. The summed E-state index contributed by atoms with van der Waals surface area (Å²) in [5.41, 5.74) is 1.58. The lowest BCUT2D eigenvalue weighted by Gasteiger charge is -2.10. The number of phenolic OH excluding ortho intramolecular Hbond substituents is 1. The molecule has 3 N–H and O–H groups in total. The van der Waals surface area contributed by atoms with Crippen molar-refractivity contribution < 1.29 is 19.4 Å². The fourth-order valence-corrected chi connectivity index (χ4v) is 2.17. The van der Waals surface area contributed by atoms with E-state index in [0.717, 1.165) is 5.56 Å². The lowest BCUT2D eigenvalue weighted by molar-refractivity contribution is -0.112. The maximum Gasteiger partial charge on any atom is 0.267 e. The molecule has 0 aliphatic carbocycles. The number of nitrogens with zero attached hydrogens (tertiary/aromatic N) is 1. The number of ether oxygens (including phenoxy) is 2. The van der Waals surface area contributed by atoms with Gasteiger partial charge in [0.2, 0.25) is 0 Å². The summed E-state index contributed by atoms with van der Waals surface area (Å²) in [7, 11) is 3.00. The summed E-state index contributed by atoms with van der Waals surface area (Å²) in [5.74, 6) is 0.409. The van der Waals surface area contributed by atoms with E-state index in [1.807, 2.05) is 13.0 Å². The Balaban J connectivity index is 2.14. The molecule has 0 spiro atoms. The van der Waals surface area contributed by atoms with Crippen LogP contribution in [0.15, 0.2) is 48.2 Å². The van der Waals surface area contributed by atoms with Crippen molar-refractivity contribution in [2.24, 2.45) is 0 Å². The number of rotatable bonds is 6. The molecule has 0 aliphatic rings. The predicted molar refractivity (Wildman–Crippen MR) is 98.3 cm³/mol. The van der Waals surface area contributed by atoms with Crippen molar-refractivity contribution in [3.05, 3.63) is 53.7 Å². The molecule has 26 heavy (non-hydrogen) atoms. The molecule has 0 radical (unpaired) electrons. The lowest BCUT2D eigenvalue weighted by Crippen LogP contribution is -2.14. The van der Waals surface area contributed by atoms with E-state index >= 15 is 0 Å². The van der Waals surface area contributed by atoms with E-state index in [1.165, 1.54) is 20.4 Å². The number of aromatic hydroxyl groups is 1. The van der Waals surface area contributed by atoms with Crippen LogP contribution < -0.4 is 20.1 Å². The summed E-state index contributed by atoms with van der Waals surface area (Å²) in [5, 5.41) is 24.4. The molecule has 0 aromatic heterocycles. The van der Waals surface area contributed by atoms with Gasteiger partial charge in [-0.25, -0.2) is 0 Å². The zero-order valence-corrected chi connectivity index (χ0v) is 14.7. The molecule has 0 aliphatic heterocycles. The number of hydrogen-bond donors (Lipinski definition) is 3. The number of aryl methyl sites for hydroxylation is 1. The number of amides is 1. The van der Waals surface area contributed by atoms with Crippen LogP contribution >= 0.6 is 0 Å². The summed E-state index contributed by atoms with van der Waals surface area (Å²) in [6, 6.07) is 11.7. The normalized spacial score (nSPS) is 10.6. The smallest absolute Gasteiger partial charge is 0.267 e. The Morgan fingerprint density at radius 2 is 1.88 bits per heavy atom. The number of nitriles is 1. The molecular weight excluding hydrogens is 334 g/mol. The quantitative estimate of drug-likeness (QED) is 0.419. The van der Waals surface area contributed by atoms with Crippen LogP contribution in [-0.2, 0) is 4.79 Å². The van der Waals surface area contributed by atoms with Crippen molar-refractivity contribution in [1.29, 1.82) is 5.26 Å². The van der Waals surface area contributed by atoms with Gasteiger partial charge in [-0.3, -0.25) is 4.79 Å². The first-order valence-corrected chi connectivity index (χ1v) is 7.68. The van der Waals surface area contributed by atoms with Gasteiger partial charge in [0, 0.05) is 18.0 Å². The van der Waals surface area contributed by atoms with Gasteiger partial charge in [0.1, 0.15) is 17.4 Å². The third kappa shape index (κ3) is 4.45. The summed E-state index contributed by atoms with van der Waals surface area (Å²) in [6.07, 6.45) is 1.24. The van der Waals surface area contributed by atoms with Crippen molar-refractivity contribution in [2.75, 3.05) is 24.9 Å². The predicted octanol–water partition coefficient (Wildman–Crippen LogP) is 3.18. The van der Waals surface area contributed by atoms with Gasteiger partial charge >= 0.3 is 0 Å². The van der Waals surface area contributed by atoms with E-state index in [2.05, 4.69) is 10.6 Å². The van der Waals surface area contributed by atoms with Crippen LogP contribution in [0.3, 0.4) is 0 Å². The van der Waals surface area contributed by atoms with Gasteiger partial charge in [0.15, 0.2) is 11.5 Å². The van der Waals surface area contributed by atoms with Crippen LogP contribution in [0.2, 0.25) is 0 Å². The standard InChI is InChI=1S/C19H19N3O4/c1-12-4-6-15(16(23)8-12)21-11-13(10-20)19(24)22-14-5-7-17(25-2)18(9-14)26-3/h4-9,11,21,23H,1-3H3,(H,22,24)/b13-11-. The van der Waals surface area contributed by atoms with E-state index in [4.69, 9.17) is 9.47 Å². The molecular formula is C19H19N3O4. The summed E-state index contributed by atoms with van der Waals surface area (Å²) in [4.78, 5) is 12.3. The van der Waals surface area contributed by atoms with E-state index in [0.29, 0.717) is 22.9 Å². The molecule has 1 amide bonds. The molecule has 134 valence electrons. The second kappa shape index (κ2) is 8.44. The van der Waals surface area contributed by atoms with E-state index in [1.54, 1.807) is 36.4 Å². The van der Waals surface area contributed by atoms with Crippen LogP contribution in [0.5, 0.6) is 17.2 Å². The van der Waals surface area contributed by atoms with E-state index < -0.39 is 5.91 Å². The van der Waals surface area contributed by atoms with Gasteiger partial charge < -0.3 is 25.2 Å². The Labute approximate surface area is 151 Å². The van der Waals surface area contributed by atoms with Gasteiger partial charge in [0.25, 0.3) is 5.91 Å². The summed E-state index contributed by atoms with van der Waals surface area (Å²) in [6.45, 7) is 1.84.